The molecule has 0 heterocycles. The van der Waals surface area contributed by atoms with Gasteiger partial charge in [0.05, 0.1) is 30.3 Å². The lowest BCUT2D eigenvalue weighted by Gasteiger charge is -2.09. The average molecular weight is 250 g/mol. The van der Waals surface area contributed by atoms with Gasteiger partial charge in [-0.1, -0.05) is 0 Å². The molecule has 0 spiro atoms. The monoisotopic (exact) mass is 250 g/mol. The SMILES string of the molecule is CCOC(=O)c1c(C#N)cc([N+](=O)[O-])cc1OC. The number of carbonyl (C=O) groups is 1. The van der Waals surface area contributed by atoms with E-state index in [9.17, 15) is 14.9 Å². The standard InChI is InChI=1S/C11H10N2O5/c1-3-18-11(14)10-7(6-12)4-8(13(15)16)5-9(10)17-2/h4-5H,3H2,1-2H3. The maximum atomic E-state index is 11.7. The number of ether oxygens (including phenoxy) is 2. The molecular weight excluding hydrogens is 240 g/mol. The van der Waals surface area contributed by atoms with E-state index in [2.05, 4.69) is 0 Å². The normalized spacial score (nSPS) is 9.39. The molecule has 1 aromatic rings. The van der Waals surface area contributed by atoms with Crippen molar-refractivity contribution in [1.82, 2.24) is 0 Å². The van der Waals surface area contributed by atoms with Gasteiger partial charge in [-0.3, -0.25) is 10.1 Å². The van der Waals surface area contributed by atoms with E-state index in [1.54, 1.807) is 13.0 Å². The summed E-state index contributed by atoms with van der Waals surface area (Å²) >= 11 is 0. The van der Waals surface area contributed by atoms with Crippen LogP contribution in [0, 0.1) is 21.4 Å². The van der Waals surface area contributed by atoms with Crippen molar-refractivity contribution in [3.63, 3.8) is 0 Å². The molecule has 0 atom stereocenters. The summed E-state index contributed by atoms with van der Waals surface area (Å²) in [4.78, 5) is 21.7. The first-order chi connectivity index (χ1) is 8.54. The number of hydrogen-bond donors (Lipinski definition) is 0. The van der Waals surface area contributed by atoms with Crippen LogP contribution in [0.5, 0.6) is 5.75 Å². The van der Waals surface area contributed by atoms with E-state index in [1.807, 2.05) is 0 Å². The van der Waals surface area contributed by atoms with Crippen LogP contribution in [0.4, 0.5) is 5.69 Å². The number of nitro groups is 1. The van der Waals surface area contributed by atoms with Gasteiger partial charge in [-0.15, -0.1) is 0 Å². The summed E-state index contributed by atoms with van der Waals surface area (Å²) in [5.74, 6) is -0.806. The number of nitro benzene ring substituents is 1. The van der Waals surface area contributed by atoms with Crippen LogP contribution < -0.4 is 4.74 Å². The van der Waals surface area contributed by atoms with E-state index in [-0.39, 0.29) is 29.2 Å². The molecule has 94 valence electrons. The predicted molar refractivity (Wildman–Crippen MR) is 60.3 cm³/mol. The summed E-state index contributed by atoms with van der Waals surface area (Å²) in [5, 5.41) is 19.6. The second kappa shape index (κ2) is 5.63. The minimum absolute atomic E-state index is 0.0563. The largest absolute Gasteiger partial charge is 0.496 e. The fraction of sp³-hybridized carbons (Fsp3) is 0.273. The number of nitrogens with zero attached hydrogens (tertiary/aromatic N) is 2. The summed E-state index contributed by atoms with van der Waals surface area (Å²) < 4.78 is 9.66. The predicted octanol–water partition coefficient (Wildman–Crippen LogP) is 1.65. The van der Waals surface area contributed by atoms with Gasteiger partial charge in [0.25, 0.3) is 5.69 Å². The van der Waals surface area contributed by atoms with Gasteiger partial charge in [0.2, 0.25) is 0 Å². The molecule has 1 rings (SSSR count). The molecule has 18 heavy (non-hydrogen) atoms. The van der Waals surface area contributed by atoms with E-state index in [0.717, 1.165) is 12.1 Å². The molecule has 0 aliphatic heterocycles. The smallest absolute Gasteiger partial charge is 0.343 e. The van der Waals surface area contributed by atoms with Crippen molar-refractivity contribution < 1.29 is 19.2 Å². The Morgan fingerprint density at radius 3 is 2.67 bits per heavy atom. The number of methoxy groups -OCH3 is 1. The van der Waals surface area contributed by atoms with Gasteiger partial charge in [-0.25, -0.2) is 4.79 Å². The van der Waals surface area contributed by atoms with Crippen LogP contribution in [0.2, 0.25) is 0 Å². The molecule has 0 N–H and O–H groups in total. The van der Waals surface area contributed by atoms with Crippen molar-refractivity contribution in [2.45, 2.75) is 6.92 Å². The molecule has 0 fully saturated rings. The maximum absolute atomic E-state index is 11.7. The van der Waals surface area contributed by atoms with E-state index >= 15 is 0 Å². The van der Waals surface area contributed by atoms with E-state index in [0.29, 0.717) is 0 Å². The maximum Gasteiger partial charge on any atom is 0.343 e. The Morgan fingerprint density at radius 2 is 2.22 bits per heavy atom. The Hall–Kier alpha value is -2.62. The fourth-order valence-electron chi connectivity index (χ4n) is 1.37. The first-order valence-electron chi connectivity index (χ1n) is 4.98. The Bertz CT molecular complexity index is 533. The van der Waals surface area contributed by atoms with Gasteiger partial charge >= 0.3 is 5.97 Å². The van der Waals surface area contributed by atoms with Crippen molar-refractivity contribution in [1.29, 1.82) is 5.26 Å². The highest BCUT2D eigenvalue weighted by Gasteiger charge is 2.23. The zero-order valence-corrected chi connectivity index (χ0v) is 9.80. The van der Waals surface area contributed by atoms with Crippen LogP contribution in [0.25, 0.3) is 0 Å². The van der Waals surface area contributed by atoms with Gasteiger partial charge in [0, 0.05) is 6.07 Å². The molecule has 7 nitrogen and oxygen atoms in total. The molecular formula is C11H10N2O5. The van der Waals surface area contributed by atoms with Crippen molar-refractivity contribution in [2.24, 2.45) is 0 Å². The molecule has 0 aliphatic rings. The molecule has 0 saturated carbocycles. The van der Waals surface area contributed by atoms with Crippen molar-refractivity contribution >= 4 is 11.7 Å². The lowest BCUT2D eigenvalue weighted by molar-refractivity contribution is -0.385. The second-order valence-electron chi connectivity index (χ2n) is 3.16. The number of carbonyl (C=O) groups excluding carboxylic acids is 1. The van der Waals surface area contributed by atoms with Crippen molar-refractivity contribution in [3.8, 4) is 11.8 Å². The zero-order valence-electron chi connectivity index (χ0n) is 9.80. The summed E-state index contributed by atoms with van der Waals surface area (Å²) in [7, 11) is 1.25. The minimum Gasteiger partial charge on any atom is -0.496 e. The summed E-state index contributed by atoms with van der Waals surface area (Å²) in [6, 6.07) is 3.80. The summed E-state index contributed by atoms with van der Waals surface area (Å²) in [6.07, 6.45) is 0. The molecule has 0 saturated heterocycles. The van der Waals surface area contributed by atoms with Gasteiger partial charge in [-0.05, 0) is 6.92 Å². The lowest BCUT2D eigenvalue weighted by Crippen LogP contribution is -2.09. The number of rotatable bonds is 4. The molecule has 0 radical (unpaired) electrons. The molecule has 0 bridgehead atoms. The van der Waals surface area contributed by atoms with Gasteiger partial charge in [0.15, 0.2) is 0 Å². The van der Waals surface area contributed by atoms with Crippen molar-refractivity contribution in [3.05, 3.63) is 33.4 Å². The van der Waals surface area contributed by atoms with Gasteiger partial charge < -0.3 is 9.47 Å². The zero-order chi connectivity index (χ0) is 13.7. The van der Waals surface area contributed by atoms with Crippen LogP contribution in [-0.4, -0.2) is 24.6 Å². The number of esters is 1. The minimum atomic E-state index is -0.749. The first kappa shape index (κ1) is 13.4. The van der Waals surface area contributed by atoms with E-state index < -0.39 is 10.9 Å². The average Bonchev–Trinajstić information content (AvgIpc) is 2.36. The number of hydrogen-bond acceptors (Lipinski definition) is 6. The third-order valence-corrected chi connectivity index (χ3v) is 2.12. The van der Waals surface area contributed by atoms with Gasteiger partial charge in [-0.2, -0.15) is 5.26 Å². The second-order valence-corrected chi connectivity index (χ2v) is 3.16. The van der Waals surface area contributed by atoms with Crippen molar-refractivity contribution in [2.75, 3.05) is 13.7 Å². The Kier molecular flexibility index (Phi) is 4.21. The molecule has 0 aliphatic carbocycles. The highest BCUT2D eigenvalue weighted by atomic mass is 16.6. The summed E-state index contributed by atoms with van der Waals surface area (Å²) in [5.41, 5.74) is -0.580. The number of nitriles is 1. The van der Waals surface area contributed by atoms with Crippen LogP contribution in [0.3, 0.4) is 0 Å². The molecule has 0 unspecified atom stereocenters. The van der Waals surface area contributed by atoms with Crippen LogP contribution in [0.1, 0.15) is 22.8 Å². The Balaban J connectivity index is 3.45. The topological polar surface area (TPSA) is 102 Å². The third kappa shape index (κ3) is 2.55. The number of benzene rings is 1. The van der Waals surface area contributed by atoms with Crippen LogP contribution in [0.15, 0.2) is 12.1 Å². The van der Waals surface area contributed by atoms with E-state index in [1.165, 1.54) is 7.11 Å². The number of non-ortho nitro benzene ring substituents is 1. The van der Waals surface area contributed by atoms with Gasteiger partial charge in [0.1, 0.15) is 17.4 Å². The molecule has 0 amide bonds. The third-order valence-electron chi connectivity index (χ3n) is 2.12. The highest BCUT2D eigenvalue weighted by molar-refractivity contribution is 5.95. The fourth-order valence-corrected chi connectivity index (χ4v) is 1.37. The van der Waals surface area contributed by atoms with E-state index in [4.69, 9.17) is 14.7 Å². The molecule has 0 aromatic heterocycles. The quantitative estimate of drug-likeness (QED) is 0.457. The lowest BCUT2D eigenvalue weighted by atomic mass is 10.1. The summed E-state index contributed by atoms with van der Waals surface area (Å²) in [6.45, 7) is 1.74. The van der Waals surface area contributed by atoms with Crippen LogP contribution >= 0.6 is 0 Å². The molecule has 1 aromatic carbocycles. The van der Waals surface area contributed by atoms with Crippen LogP contribution in [-0.2, 0) is 4.74 Å². The Morgan fingerprint density at radius 1 is 1.56 bits per heavy atom. The first-order valence-corrected chi connectivity index (χ1v) is 4.98. The highest BCUT2D eigenvalue weighted by Crippen LogP contribution is 2.29. The molecule has 7 heteroatoms. The Labute approximate surface area is 103 Å².